The summed E-state index contributed by atoms with van der Waals surface area (Å²) in [5, 5.41) is 3.36. The van der Waals surface area contributed by atoms with Crippen molar-refractivity contribution in [1.82, 2.24) is 5.32 Å². The highest BCUT2D eigenvalue weighted by Gasteiger charge is 2.28. The molecule has 0 amide bonds. The summed E-state index contributed by atoms with van der Waals surface area (Å²) in [7, 11) is 0. The number of hydrogen-bond acceptors (Lipinski definition) is 1. The van der Waals surface area contributed by atoms with Crippen LogP contribution in [-0.2, 0) is 12.3 Å². The maximum Gasteiger partial charge on any atom is 0.270 e. The quantitative estimate of drug-likeness (QED) is 0.852. The number of rotatable bonds is 3. The second kappa shape index (κ2) is 4.73. The Balaban J connectivity index is 2.26. The average molecular weight is 239 g/mol. The van der Waals surface area contributed by atoms with Crippen molar-refractivity contribution in [3.05, 3.63) is 34.9 Å². The van der Waals surface area contributed by atoms with E-state index in [2.05, 4.69) is 5.32 Å². The molecule has 0 bridgehead atoms. The lowest BCUT2D eigenvalue weighted by Crippen LogP contribution is -2.25. The van der Waals surface area contributed by atoms with Gasteiger partial charge in [-0.25, -0.2) is 8.78 Å². The van der Waals surface area contributed by atoms with E-state index in [1.165, 1.54) is 0 Å². The first-order valence-corrected chi connectivity index (χ1v) is 6.18. The Kier molecular flexibility index (Phi) is 3.48. The van der Waals surface area contributed by atoms with Gasteiger partial charge in [0.15, 0.2) is 0 Å². The summed E-state index contributed by atoms with van der Waals surface area (Å²) in [6, 6.07) is 5.59. The fraction of sp³-hybridized carbons (Fsp3) is 0.571. The molecule has 2 rings (SSSR count). The van der Waals surface area contributed by atoms with Gasteiger partial charge in [0, 0.05) is 18.5 Å². The molecule has 1 nitrogen and oxygen atoms in total. The number of hydrogen-bond donors (Lipinski definition) is 1. The van der Waals surface area contributed by atoms with E-state index in [0.29, 0.717) is 12.5 Å². The van der Waals surface area contributed by atoms with Gasteiger partial charge in [0.05, 0.1) is 0 Å². The molecule has 1 atom stereocenters. The van der Waals surface area contributed by atoms with Crippen molar-refractivity contribution in [1.29, 1.82) is 0 Å². The van der Waals surface area contributed by atoms with Crippen LogP contribution in [0.1, 0.15) is 36.5 Å². The zero-order valence-corrected chi connectivity index (χ0v) is 10.4. The summed E-state index contributed by atoms with van der Waals surface area (Å²) < 4.78 is 27.0. The van der Waals surface area contributed by atoms with Gasteiger partial charge in [-0.2, -0.15) is 0 Å². The second-order valence-corrected chi connectivity index (χ2v) is 5.05. The largest absolute Gasteiger partial charge is 0.314 e. The van der Waals surface area contributed by atoms with E-state index in [9.17, 15) is 8.78 Å². The Morgan fingerprint density at radius 2 is 2.18 bits per heavy atom. The van der Waals surface area contributed by atoms with Gasteiger partial charge in [-0.3, -0.25) is 0 Å². The smallest absolute Gasteiger partial charge is 0.270 e. The molecule has 1 fully saturated rings. The van der Waals surface area contributed by atoms with Gasteiger partial charge < -0.3 is 5.32 Å². The molecule has 0 saturated carbocycles. The molecule has 1 N–H and O–H groups in total. The molecule has 17 heavy (non-hydrogen) atoms. The Bertz CT molecular complexity index is 390. The lowest BCUT2D eigenvalue weighted by molar-refractivity contribution is 0.0164. The molecule has 0 aliphatic carbocycles. The van der Waals surface area contributed by atoms with Crippen LogP contribution in [0.5, 0.6) is 0 Å². The van der Waals surface area contributed by atoms with E-state index in [0.717, 1.165) is 37.4 Å². The van der Waals surface area contributed by atoms with E-state index in [1.54, 1.807) is 12.1 Å². The summed E-state index contributed by atoms with van der Waals surface area (Å²) in [5.74, 6) is -2.75. The van der Waals surface area contributed by atoms with Crippen LogP contribution in [0.4, 0.5) is 8.78 Å². The van der Waals surface area contributed by atoms with Crippen LogP contribution in [0.3, 0.4) is 0 Å². The zero-order valence-electron chi connectivity index (χ0n) is 10.4. The first kappa shape index (κ1) is 12.5. The maximum absolute atomic E-state index is 13.5. The topological polar surface area (TPSA) is 12.0 Å². The highest BCUT2D eigenvalue weighted by Crippen LogP contribution is 2.31. The van der Waals surface area contributed by atoms with Crippen LogP contribution < -0.4 is 5.32 Å². The highest BCUT2D eigenvalue weighted by atomic mass is 19.3. The maximum atomic E-state index is 13.5. The molecule has 1 heterocycles. The van der Waals surface area contributed by atoms with E-state index in [-0.39, 0.29) is 5.56 Å². The number of halogens is 2. The molecular formula is C14H19F2N. The third-order valence-electron chi connectivity index (χ3n) is 3.36. The third kappa shape index (κ3) is 3.03. The van der Waals surface area contributed by atoms with Gasteiger partial charge in [0.25, 0.3) is 5.92 Å². The minimum absolute atomic E-state index is 0.178. The van der Waals surface area contributed by atoms with Crippen molar-refractivity contribution < 1.29 is 8.78 Å². The molecule has 1 aliphatic rings. The summed E-state index contributed by atoms with van der Waals surface area (Å²) in [4.78, 5) is 0. The third-order valence-corrected chi connectivity index (χ3v) is 3.36. The molecule has 0 spiro atoms. The van der Waals surface area contributed by atoms with Crippen molar-refractivity contribution in [2.45, 2.75) is 45.1 Å². The molecule has 94 valence electrons. The van der Waals surface area contributed by atoms with Crippen LogP contribution in [0.25, 0.3) is 0 Å². The average Bonchev–Trinajstić information content (AvgIpc) is 2.68. The van der Waals surface area contributed by atoms with Crippen LogP contribution in [0, 0.1) is 6.92 Å². The standard InChI is InChI=1S/C14H19F2N/c1-10-5-6-13(14(2,15)16)11(8-10)9-12-4-3-7-17-12/h5-6,8,12,17H,3-4,7,9H2,1-2H3. The molecule has 1 aromatic rings. The Hall–Kier alpha value is -0.960. The normalized spacial score (nSPS) is 20.8. The molecule has 1 unspecified atom stereocenters. The number of nitrogens with one attached hydrogen (secondary N) is 1. The van der Waals surface area contributed by atoms with Gasteiger partial charge in [-0.1, -0.05) is 23.8 Å². The van der Waals surface area contributed by atoms with E-state index < -0.39 is 5.92 Å². The number of aryl methyl sites for hydroxylation is 1. The molecule has 3 heteroatoms. The van der Waals surface area contributed by atoms with Crippen molar-refractivity contribution in [2.75, 3.05) is 6.54 Å². The van der Waals surface area contributed by atoms with Crippen LogP contribution in [0.2, 0.25) is 0 Å². The lowest BCUT2D eigenvalue weighted by atomic mass is 9.94. The van der Waals surface area contributed by atoms with Gasteiger partial charge in [0.1, 0.15) is 0 Å². The van der Waals surface area contributed by atoms with Crippen molar-refractivity contribution >= 4 is 0 Å². The molecule has 1 aliphatic heterocycles. The number of alkyl halides is 2. The molecule has 1 saturated heterocycles. The lowest BCUT2D eigenvalue weighted by Gasteiger charge is -2.19. The summed E-state index contributed by atoms with van der Waals surface area (Å²) in [6.45, 7) is 3.93. The summed E-state index contributed by atoms with van der Waals surface area (Å²) >= 11 is 0. The Morgan fingerprint density at radius 1 is 1.41 bits per heavy atom. The first-order valence-electron chi connectivity index (χ1n) is 6.18. The predicted octanol–water partition coefficient (Wildman–Crippen LogP) is 3.40. The van der Waals surface area contributed by atoms with E-state index >= 15 is 0 Å². The van der Waals surface area contributed by atoms with E-state index in [1.807, 2.05) is 13.0 Å². The second-order valence-electron chi connectivity index (χ2n) is 5.05. The van der Waals surface area contributed by atoms with Gasteiger partial charge in [0.2, 0.25) is 0 Å². The van der Waals surface area contributed by atoms with Crippen LogP contribution in [0.15, 0.2) is 18.2 Å². The monoisotopic (exact) mass is 239 g/mol. The van der Waals surface area contributed by atoms with Crippen molar-refractivity contribution in [3.8, 4) is 0 Å². The summed E-state index contributed by atoms with van der Waals surface area (Å²) in [5.41, 5.74) is 2.01. The zero-order chi connectivity index (χ0) is 12.5. The fourth-order valence-corrected chi connectivity index (χ4v) is 2.52. The predicted molar refractivity (Wildman–Crippen MR) is 65.5 cm³/mol. The number of benzene rings is 1. The molecule has 1 aromatic carbocycles. The van der Waals surface area contributed by atoms with E-state index in [4.69, 9.17) is 0 Å². The first-order chi connectivity index (χ1) is 7.97. The van der Waals surface area contributed by atoms with Gasteiger partial charge in [-0.05, 0) is 38.3 Å². The fourth-order valence-electron chi connectivity index (χ4n) is 2.52. The SMILES string of the molecule is Cc1ccc(C(C)(F)F)c(CC2CCCN2)c1. The van der Waals surface area contributed by atoms with Crippen LogP contribution in [-0.4, -0.2) is 12.6 Å². The van der Waals surface area contributed by atoms with Gasteiger partial charge >= 0.3 is 0 Å². The van der Waals surface area contributed by atoms with Crippen LogP contribution >= 0.6 is 0 Å². The molecule has 0 radical (unpaired) electrons. The highest BCUT2D eigenvalue weighted by molar-refractivity contribution is 5.35. The van der Waals surface area contributed by atoms with Crippen molar-refractivity contribution in [2.24, 2.45) is 0 Å². The minimum Gasteiger partial charge on any atom is -0.314 e. The van der Waals surface area contributed by atoms with Gasteiger partial charge in [-0.15, -0.1) is 0 Å². The Morgan fingerprint density at radius 3 is 2.76 bits per heavy atom. The minimum atomic E-state index is -2.75. The molecular weight excluding hydrogens is 220 g/mol. The van der Waals surface area contributed by atoms with Crippen molar-refractivity contribution in [3.63, 3.8) is 0 Å². The molecule has 0 aromatic heterocycles. The Labute approximate surface area is 101 Å². The summed E-state index contributed by atoms with van der Waals surface area (Å²) in [6.07, 6.45) is 2.94.